The fourth-order valence-electron chi connectivity index (χ4n) is 3.09. The van der Waals surface area contributed by atoms with Gasteiger partial charge in [0.05, 0.1) is 16.3 Å². The summed E-state index contributed by atoms with van der Waals surface area (Å²) in [5, 5.41) is 11.1. The van der Waals surface area contributed by atoms with Crippen molar-refractivity contribution >= 4 is 17.1 Å². The summed E-state index contributed by atoms with van der Waals surface area (Å²) < 4.78 is 0. The number of non-ortho nitro benzene ring substituents is 1. The maximum atomic E-state index is 11.1. The third-order valence-electron chi connectivity index (χ3n) is 4.18. The van der Waals surface area contributed by atoms with E-state index in [-0.39, 0.29) is 10.6 Å². The molecule has 4 rings (SSSR count). The molecule has 3 aromatic carbocycles. The van der Waals surface area contributed by atoms with Crippen LogP contribution in [0.2, 0.25) is 0 Å². The maximum Gasteiger partial charge on any atom is 0.270 e. The molecule has 0 fully saturated rings. The van der Waals surface area contributed by atoms with Crippen LogP contribution in [0.25, 0.3) is 11.1 Å². The molecular formula is C20H14N2O2. The first-order valence-electron chi connectivity index (χ1n) is 7.67. The van der Waals surface area contributed by atoms with Gasteiger partial charge >= 0.3 is 0 Å². The zero-order valence-corrected chi connectivity index (χ0v) is 13.1. The van der Waals surface area contributed by atoms with E-state index in [1.165, 1.54) is 0 Å². The van der Waals surface area contributed by atoms with Crippen LogP contribution >= 0.6 is 0 Å². The number of aliphatic imine (C=N–C) groups is 1. The van der Waals surface area contributed by atoms with Crippen LogP contribution in [0.15, 0.2) is 71.7 Å². The average molecular weight is 314 g/mol. The minimum atomic E-state index is -0.368. The molecule has 116 valence electrons. The molecule has 0 amide bonds. The highest BCUT2D eigenvalue weighted by atomic mass is 16.6. The Kier molecular flexibility index (Phi) is 3.24. The van der Waals surface area contributed by atoms with E-state index in [2.05, 4.69) is 0 Å². The minimum absolute atomic E-state index is 0.0819. The van der Waals surface area contributed by atoms with Crippen molar-refractivity contribution < 1.29 is 4.92 Å². The van der Waals surface area contributed by atoms with Crippen molar-refractivity contribution in [1.29, 1.82) is 0 Å². The highest BCUT2D eigenvalue weighted by Crippen LogP contribution is 2.39. The van der Waals surface area contributed by atoms with Crippen LogP contribution in [0.5, 0.6) is 0 Å². The molecule has 4 nitrogen and oxygen atoms in total. The lowest BCUT2D eigenvalue weighted by Gasteiger charge is -2.03. The van der Waals surface area contributed by atoms with Gasteiger partial charge in [-0.05, 0) is 41.8 Å². The SMILES string of the molecule is Cc1cccc(N=C2c3ccccc3-c3ccc([N+](=O)[O-])cc32)c1. The zero-order valence-electron chi connectivity index (χ0n) is 13.1. The fourth-order valence-corrected chi connectivity index (χ4v) is 3.09. The molecule has 0 aromatic heterocycles. The van der Waals surface area contributed by atoms with Crippen LogP contribution in [-0.4, -0.2) is 10.6 Å². The van der Waals surface area contributed by atoms with E-state index in [0.717, 1.165) is 39.2 Å². The summed E-state index contributed by atoms with van der Waals surface area (Å²) in [6.45, 7) is 2.02. The van der Waals surface area contributed by atoms with E-state index in [4.69, 9.17) is 4.99 Å². The molecule has 0 bridgehead atoms. The van der Waals surface area contributed by atoms with Crippen molar-refractivity contribution in [3.63, 3.8) is 0 Å². The Hall–Kier alpha value is -3.27. The Morgan fingerprint density at radius 2 is 1.58 bits per heavy atom. The maximum absolute atomic E-state index is 11.1. The van der Waals surface area contributed by atoms with Gasteiger partial charge in [0, 0.05) is 23.3 Å². The van der Waals surface area contributed by atoms with Crippen LogP contribution in [0.4, 0.5) is 11.4 Å². The average Bonchev–Trinajstić information content (AvgIpc) is 2.89. The van der Waals surface area contributed by atoms with E-state index in [1.54, 1.807) is 12.1 Å². The highest BCUT2D eigenvalue weighted by molar-refractivity contribution is 6.25. The van der Waals surface area contributed by atoms with Crippen LogP contribution in [0.3, 0.4) is 0 Å². The summed E-state index contributed by atoms with van der Waals surface area (Å²) in [4.78, 5) is 15.6. The Balaban J connectivity index is 1.97. The smallest absolute Gasteiger partial charge is 0.258 e. The van der Waals surface area contributed by atoms with Crippen molar-refractivity contribution in [3.05, 3.63) is 93.5 Å². The highest BCUT2D eigenvalue weighted by Gasteiger charge is 2.26. The zero-order chi connectivity index (χ0) is 16.7. The number of aryl methyl sites for hydroxylation is 1. The topological polar surface area (TPSA) is 55.5 Å². The summed E-state index contributed by atoms with van der Waals surface area (Å²) >= 11 is 0. The molecule has 0 N–H and O–H groups in total. The first-order valence-corrected chi connectivity index (χ1v) is 7.67. The molecule has 1 aliphatic carbocycles. The van der Waals surface area contributed by atoms with Crippen LogP contribution in [0.1, 0.15) is 16.7 Å². The largest absolute Gasteiger partial charge is 0.270 e. The first-order chi connectivity index (χ1) is 11.6. The normalized spacial score (nSPS) is 13.6. The van der Waals surface area contributed by atoms with Gasteiger partial charge in [0.2, 0.25) is 0 Å². The van der Waals surface area contributed by atoms with Crippen molar-refractivity contribution in [2.75, 3.05) is 0 Å². The number of fused-ring (bicyclic) bond motifs is 3. The molecule has 24 heavy (non-hydrogen) atoms. The van der Waals surface area contributed by atoms with Crippen LogP contribution in [-0.2, 0) is 0 Å². The number of hydrogen-bond acceptors (Lipinski definition) is 3. The molecule has 0 spiro atoms. The van der Waals surface area contributed by atoms with Gasteiger partial charge in [0.15, 0.2) is 0 Å². The molecular weight excluding hydrogens is 300 g/mol. The van der Waals surface area contributed by atoms with Crippen molar-refractivity contribution in [2.45, 2.75) is 6.92 Å². The van der Waals surface area contributed by atoms with Gasteiger partial charge in [-0.25, -0.2) is 4.99 Å². The van der Waals surface area contributed by atoms with Gasteiger partial charge in [-0.15, -0.1) is 0 Å². The third kappa shape index (κ3) is 2.29. The predicted molar refractivity (Wildman–Crippen MR) is 95.0 cm³/mol. The molecule has 0 saturated carbocycles. The second kappa shape index (κ2) is 5.42. The molecule has 0 saturated heterocycles. The molecule has 1 aliphatic rings. The second-order valence-corrected chi connectivity index (χ2v) is 5.83. The van der Waals surface area contributed by atoms with Gasteiger partial charge < -0.3 is 0 Å². The monoisotopic (exact) mass is 314 g/mol. The van der Waals surface area contributed by atoms with Gasteiger partial charge in [0.25, 0.3) is 5.69 Å². The van der Waals surface area contributed by atoms with Crippen molar-refractivity contribution in [3.8, 4) is 11.1 Å². The quantitative estimate of drug-likeness (QED) is 0.384. The standard InChI is InChI=1S/C20H14N2O2/c1-13-5-4-6-14(11-13)21-20-18-8-3-2-7-16(18)17-10-9-15(22(23)24)12-19(17)20/h2-12H,1H3. The van der Waals surface area contributed by atoms with Crippen LogP contribution < -0.4 is 0 Å². The lowest BCUT2D eigenvalue weighted by molar-refractivity contribution is -0.384. The van der Waals surface area contributed by atoms with Gasteiger partial charge in [0.1, 0.15) is 0 Å². The number of benzene rings is 3. The van der Waals surface area contributed by atoms with E-state index in [1.807, 2.05) is 61.5 Å². The molecule has 0 heterocycles. The van der Waals surface area contributed by atoms with E-state index >= 15 is 0 Å². The summed E-state index contributed by atoms with van der Waals surface area (Å²) in [6, 6.07) is 20.9. The molecule has 0 radical (unpaired) electrons. The van der Waals surface area contributed by atoms with Crippen LogP contribution in [0, 0.1) is 17.0 Å². The minimum Gasteiger partial charge on any atom is -0.258 e. The predicted octanol–water partition coefficient (Wildman–Crippen LogP) is 5.05. The molecule has 4 heteroatoms. The third-order valence-corrected chi connectivity index (χ3v) is 4.18. The summed E-state index contributed by atoms with van der Waals surface area (Å²) in [6.07, 6.45) is 0. The van der Waals surface area contributed by atoms with Gasteiger partial charge in [-0.3, -0.25) is 10.1 Å². The molecule has 0 unspecified atom stereocenters. The summed E-state index contributed by atoms with van der Waals surface area (Å²) in [5.41, 5.74) is 6.72. The second-order valence-electron chi connectivity index (χ2n) is 5.83. The summed E-state index contributed by atoms with van der Waals surface area (Å²) in [7, 11) is 0. The molecule has 0 aliphatic heterocycles. The van der Waals surface area contributed by atoms with Crippen molar-refractivity contribution in [1.82, 2.24) is 0 Å². The van der Waals surface area contributed by atoms with Crippen molar-refractivity contribution in [2.24, 2.45) is 4.99 Å². The lowest BCUT2D eigenvalue weighted by Crippen LogP contribution is -1.99. The Bertz CT molecular complexity index is 1010. The number of hydrogen-bond donors (Lipinski definition) is 0. The van der Waals surface area contributed by atoms with Gasteiger partial charge in [-0.2, -0.15) is 0 Å². The van der Waals surface area contributed by atoms with E-state index in [0.29, 0.717) is 0 Å². The first kappa shape index (κ1) is 14.3. The molecule has 0 atom stereocenters. The Morgan fingerprint density at radius 3 is 2.33 bits per heavy atom. The lowest BCUT2D eigenvalue weighted by atomic mass is 10.1. The molecule has 3 aromatic rings. The number of nitrogens with zero attached hydrogens (tertiary/aromatic N) is 2. The number of rotatable bonds is 2. The Labute approximate surface area is 139 Å². The van der Waals surface area contributed by atoms with E-state index < -0.39 is 0 Å². The summed E-state index contributed by atoms with van der Waals surface area (Å²) in [5.74, 6) is 0. The Morgan fingerprint density at radius 1 is 0.833 bits per heavy atom. The van der Waals surface area contributed by atoms with E-state index in [9.17, 15) is 10.1 Å². The number of nitro groups is 1. The fraction of sp³-hybridized carbons (Fsp3) is 0.0500. The number of nitro benzene ring substituents is 1. The van der Waals surface area contributed by atoms with Gasteiger partial charge in [-0.1, -0.05) is 36.4 Å².